The SMILES string of the molecule is COC(=O)CC(C(=O)OC)C1CC(C)CCC1C(C)C. The lowest BCUT2D eigenvalue weighted by molar-refractivity contribution is -0.156. The summed E-state index contributed by atoms with van der Waals surface area (Å²) in [6.45, 7) is 6.61. The van der Waals surface area contributed by atoms with Crippen LogP contribution < -0.4 is 0 Å². The topological polar surface area (TPSA) is 52.6 Å². The van der Waals surface area contributed by atoms with E-state index in [0.717, 1.165) is 12.8 Å². The van der Waals surface area contributed by atoms with Crippen molar-refractivity contribution < 1.29 is 19.1 Å². The third-order valence-corrected chi connectivity index (χ3v) is 4.71. The second kappa shape index (κ2) is 7.65. The van der Waals surface area contributed by atoms with Gasteiger partial charge in [-0.15, -0.1) is 0 Å². The van der Waals surface area contributed by atoms with Crippen LogP contribution in [0.1, 0.15) is 46.5 Å². The van der Waals surface area contributed by atoms with Crippen LogP contribution in [0.15, 0.2) is 0 Å². The van der Waals surface area contributed by atoms with Crippen LogP contribution in [-0.2, 0) is 19.1 Å². The van der Waals surface area contributed by atoms with Gasteiger partial charge in [-0.1, -0.05) is 27.2 Å². The number of esters is 2. The molecule has 0 heterocycles. The average Bonchev–Trinajstić information content (AvgIpc) is 2.43. The van der Waals surface area contributed by atoms with E-state index in [0.29, 0.717) is 17.8 Å². The van der Waals surface area contributed by atoms with Crippen LogP contribution in [0.2, 0.25) is 0 Å². The van der Waals surface area contributed by atoms with Gasteiger partial charge in [-0.2, -0.15) is 0 Å². The zero-order valence-corrected chi connectivity index (χ0v) is 13.3. The summed E-state index contributed by atoms with van der Waals surface area (Å²) >= 11 is 0. The number of ether oxygens (including phenoxy) is 2. The van der Waals surface area contributed by atoms with Crippen molar-refractivity contribution in [3.05, 3.63) is 0 Å². The molecule has 1 aliphatic rings. The van der Waals surface area contributed by atoms with E-state index in [1.807, 2.05) is 0 Å². The molecular formula is C16H28O4. The highest BCUT2D eigenvalue weighted by Gasteiger charge is 2.40. The second-order valence-corrected chi connectivity index (χ2v) is 6.40. The third kappa shape index (κ3) is 4.22. The minimum Gasteiger partial charge on any atom is -0.469 e. The smallest absolute Gasteiger partial charge is 0.309 e. The molecule has 4 unspecified atom stereocenters. The lowest BCUT2D eigenvalue weighted by Gasteiger charge is -2.40. The predicted octanol–water partition coefficient (Wildman–Crippen LogP) is 3.05. The van der Waals surface area contributed by atoms with Crippen LogP contribution in [0, 0.1) is 29.6 Å². The first-order chi connectivity index (χ1) is 9.40. The van der Waals surface area contributed by atoms with E-state index in [9.17, 15) is 9.59 Å². The van der Waals surface area contributed by atoms with Crippen molar-refractivity contribution in [1.29, 1.82) is 0 Å². The molecular weight excluding hydrogens is 256 g/mol. The molecule has 1 rings (SSSR count). The quantitative estimate of drug-likeness (QED) is 0.728. The summed E-state index contributed by atoms with van der Waals surface area (Å²) in [7, 11) is 2.75. The van der Waals surface area contributed by atoms with Gasteiger partial charge in [0.15, 0.2) is 0 Å². The Bertz CT molecular complexity index is 337. The fourth-order valence-corrected chi connectivity index (χ4v) is 3.56. The van der Waals surface area contributed by atoms with E-state index in [-0.39, 0.29) is 30.2 Å². The summed E-state index contributed by atoms with van der Waals surface area (Å²) in [6.07, 6.45) is 3.44. The van der Waals surface area contributed by atoms with Gasteiger partial charge in [-0.3, -0.25) is 9.59 Å². The monoisotopic (exact) mass is 284 g/mol. The molecule has 0 aromatic carbocycles. The Balaban J connectivity index is 2.94. The summed E-state index contributed by atoms with van der Waals surface area (Å²) < 4.78 is 9.67. The van der Waals surface area contributed by atoms with Crippen LogP contribution in [0.25, 0.3) is 0 Å². The van der Waals surface area contributed by atoms with Gasteiger partial charge in [0, 0.05) is 0 Å². The lowest BCUT2D eigenvalue weighted by atomic mass is 9.65. The first-order valence-electron chi connectivity index (χ1n) is 7.55. The molecule has 0 saturated heterocycles. The molecule has 0 aliphatic heterocycles. The molecule has 0 spiro atoms. The number of hydrogen-bond acceptors (Lipinski definition) is 4. The minimum absolute atomic E-state index is 0.129. The Morgan fingerprint density at radius 2 is 1.75 bits per heavy atom. The van der Waals surface area contributed by atoms with Gasteiger partial charge in [0.1, 0.15) is 0 Å². The predicted molar refractivity (Wildman–Crippen MR) is 77.0 cm³/mol. The Morgan fingerprint density at radius 3 is 2.25 bits per heavy atom. The van der Waals surface area contributed by atoms with E-state index in [1.54, 1.807) is 0 Å². The number of rotatable bonds is 5. The molecule has 0 aromatic heterocycles. The maximum atomic E-state index is 12.1. The Kier molecular flexibility index (Phi) is 6.50. The largest absolute Gasteiger partial charge is 0.469 e. The standard InChI is InChI=1S/C16H28O4/c1-10(2)12-7-6-11(3)8-13(12)14(16(18)20-5)9-15(17)19-4/h10-14H,6-9H2,1-5H3. The highest BCUT2D eigenvalue weighted by molar-refractivity contribution is 5.80. The fraction of sp³-hybridized carbons (Fsp3) is 0.875. The summed E-state index contributed by atoms with van der Waals surface area (Å²) in [5.74, 6) is 0.811. The number of carbonyl (C=O) groups is 2. The highest BCUT2D eigenvalue weighted by atomic mass is 16.5. The van der Waals surface area contributed by atoms with Crippen LogP contribution in [0.4, 0.5) is 0 Å². The van der Waals surface area contributed by atoms with E-state index in [1.165, 1.54) is 20.6 Å². The Morgan fingerprint density at radius 1 is 1.10 bits per heavy atom. The van der Waals surface area contributed by atoms with E-state index in [2.05, 4.69) is 20.8 Å². The van der Waals surface area contributed by atoms with Gasteiger partial charge in [0.2, 0.25) is 0 Å². The van der Waals surface area contributed by atoms with Crippen LogP contribution in [-0.4, -0.2) is 26.2 Å². The highest BCUT2D eigenvalue weighted by Crippen LogP contribution is 2.43. The van der Waals surface area contributed by atoms with Crippen molar-refractivity contribution in [3.8, 4) is 0 Å². The van der Waals surface area contributed by atoms with Gasteiger partial charge >= 0.3 is 11.9 Å². The van der Waals surface area contributed by atoms with Crippen LogP contribution in [0.5, 0.6) is 0 Å². The molecule has 116 valence electrons. The molecule has 0 radical (unpaired) electrons. The minimum atomic E-state index is -0.373. The molecule has 4 nitrogen and oxygen atoms in total. The van der Waals surface area contributed by atoms with Crippen LogP contribution >= 0.6 is 0 Å². The van der Waals surface area contributed by atoms with Gasteiger partial charge in [-0.25, -0.2) is 0 Å². The van der Waals surface area contributed by atoms with Crippen molar-refractivity contribution in [2.24, 2.45) is 29.6 Å². The molecule has 0 N–H and O–H groups in total. The molecule has 20 heavy (non-hydrogen) atoms. The van der Waals surface area contributed by atoms with E-state index >= 15 is 0 Å². The van der Waals surface area contributed by atoms with Gasteiger partial charge < -0.3 is 9.47 Å². The van der Waals surface area contributed by atoms with Gasteiger partial charge in [-0.05, 0) is 36.5 Å². The molecule has 1 saturated carbocycles. The molecule has 4 heteroatoms. The first-order valence-corrected chi connectivity index (χ1v) is 7.55. The van der Waals surface area contributed by atoms with Crippen molar-refractivity contribution in [2.45, 2.75) is 46.5 Å². The maximum absolute atomic E-state index is 12.1. The fourth-order valence-electron chi connectivity index (χ4n) is 3.56. The molecule has 0 bridgehead atoms. The first kappa shape index (κ1) is 17.0. The Hall–Kier alpha value is -1.06. The summed E-state index contributed by atoms with van der Waals surface area (Å²) in [5, 5.41) is 0. The second-order valence-electron chi connectivity index (χ2n) is 6.40. The average molecular weight is 284 g/mol. The molecule has 0 aromatic rings. The van der Waals surface area contributed by atoms with Crippen molar-refractivity contribution in [1.82, 2.24) is 0 Å². The van der Waals surface area contributed by atoms with Gasteiger partial charge in [0.05, 0.1) is 26.6 Å². The summed E-state index contributed by atoms with van der Waals surface area (Å²) in [5.41, 5.74) is 0. The zero-order chi connectivity index (χ0) is 15.3. The summed E-state index contributed by atoms with van der Waals surface area (Å²) in [4.78, 5) is 23.7. The molecule has 4 atom stereocenters. The number of hydrogen-bond donors (Lipinski definition) is 0. The number of carbonyl (C=O) groups excluding carboxylic acids is 2. The summed E-state index contributed by atoms with van der Waals surface area (Å²) in [6, 6.07) is 0. The number of methoxy groups -OCH3 is 2. The Labute approximate surface area is 122 Å². The normalized spacial score (nSPS) is 28.0. The van der Waals surface area contributed by atoms with Crippen LogP contribution in [0.3, 0.4) is 0 Å². The van der Waals surface area contributed by atoms with Crippen molar-refractivity contribution >= 4 is 11.9 Å². The molecule has 1 aliphatic carbocycles. The lowest BCUT2D eigenvalue weighted by Crippen LogP contribution is -2.38. The van der Waals surface area contributed by atoms with E-state index < -0.39 is 0 Å². The van der Waals surface area contributed by atoms with Crippen molar-refractivity contribution in [3.63, 3.8) is 0 Å². The maximum Gasteiger partial charge on any atom is 0.309 e. The third-order valence-electron chi connectivity index (χ3n) is 4.71. The van der Waals surface area contributed by atoms with Crippen molar-refractivity contribution in [2.75, 3.05) is 14.2 Å². The molecule has 0 amide bonds. The molecule has 1 fully saturated rings. The van der Waals surface area contributed by atoms with Gasteiger partial charge in [0.25, 0.3) is 0 Å². The zero-order valence-electron chi connectivity index (χ0n) is 13.3. The van der Waals surface area contributed by atoms with E-state index in [4.69, 9.17) is 9.47 Å².